The van der Waals surface area contributed by atoms with Gasteiger partial charge in [0.1, 0.15) is 11.6 Å². The Labute approximate surface area is 293 Å². The van der Waals surface area contributed by atoms with E-state index in [2.05, 4.69) is 131 Å². The number of phenolic OH excluding ortho intramolecular Hbond substituents is 1. The number of hydrogen-bond donors (Lipinski definition) is 1. The van der Waals surface area contributed by atoms with Crippen LogP contribution in [-0.2, 0) is 10.8 Å². The zero-order chi connectivity index (χ0) is 34.3. The highest BCUT2D eigenvalue weighted by atomic mass is 32.1. The quantitative estimate of drug-likeness (QED) is 0.193. The highest BCUT2D eigenvalue weighted by Gasteiger charge is 2.23. The van der Waals surface area contributed by atoms with Gasteiger partial charge >= 0.3 is 0 Å². The number of para-hydroxylation sites is 1. The van der Waals surface area contributed by atoms with Crippen LogP contribution in [0.2, 0.25) is 0 Å². The number of fused-ring (bicyclic) bond motifs is 1. The molecule has 7 rings (SSSR count). The number of hydrogen-bond acceptors (Lipinski definition) is 5. The number of nitrogens with zero attached hydrogens (tertiary/aromatic N) is 3. The Hall–Kier alpha value is -5.26. The van der Waals surface area contributed by atoms with Gasteiger partial charge in [0.25, 0.3) is 0 Å². The second-order valence-electron chi connectivity index (χ2n) is 14.6. The number of thiophene rings is 1. The zero-order valence-corrected chi connectivity index (χ0v) is 29.7. The van der Waals surface area contributed by atoms with Gasteiger partial charge in [0.2, 0.25) is 0 Å². The number of aromatic nitrogens is 2. The molecule has 244 valence electrons. The first-order valence-electron chi connectivity index (χ1n) is 16.7. The second kappa shape index (κ2) is 12.6. The number of anilines is 3. The van der Waals surface area contributed by atoms with Gasteiger partial charge < -0.3 is 5.11 Å². The molecule has 0 aliphatic rings. The first-order valence-corrected chi connectivity index (χ1v) is 17.6. The summed E-state index contributed by atoms with van der Waals surface area (Å²) in [4.78, 5) is 12.2. The lowest BCUT2D eigenvalue weighted by Gasteiger charge is -2.26. The minimum atomic E-state index is -0.0267. The van der Waals surface area contributed by atoms with Crippen molar-refractivity contribution in [3.63, 3.8) is 0 Å². The third-order valence-electron chi connectivity index (χ3n) is 8.98. The zero-order valence-electron chi connectivity index (χ0n) is 28.9. The van der Waals surface area contributed by atoms with Crippen molar-refractivity contribution in [2.45, 2.75) is 52.4 Å². The first-order chi connectivity index (χ1) is 23.5. The highest BCUT2D eigenvalue weighted by molar-refractivity contribution is 7.17. The Kier molecular flexibility index (Phi) is 8.33. The van der Waals surface area contributed by atoms with Gasteiger partial charge in [0.05, 0.1) is 21.8 Å². The fourth-order valence-electron chi connectivity index (χ4n) is 6.17. The molecule has 1 N–H and O–H groups in total. The lowest BCUT2D eigenvalue weighted by atomic mass is 9.79. The molecular formula is C44H41N3OS. The molecule has 0 fully saturated rings. The van der Waals surface area contributed by atoms with Crippen molar-refractivity contribution in [1.82, 2.24) is 9.97 Å². The van der Waals surface area contributed by atoms with Gasteiger partial charge in [0, 0.05) is 23.0 Å². The lowest BCUT2D eigenvalue weighted by Crippen LogP contribution is -2.16. The van der Waals surface area contributed by atoms with Gasteiger partial charge in [-0.3, -0.25) is 4.90 Å². The fourth-order valence-corrected chi connectivity index (χ4v) is 7.07. The molecule has 0 atom stereocenters. The van der Waals surface area contributed by atoms with E-state index in [0.29, 0.717) is 5.56 Å². The molecule has 0 saturated heterocycles. The van der Waals surface area contributed by atoms with E-state index in [9.17, 15) is 5.11 Å². The fraction of sp³-hybridized carbons (Fsp3) is 0.182. The van der Waals surface area contributed by atoms with Gasteiger partial charge in [-0.25, -0.2) is 9.97 Å². The van der Waals surface area contributed by atoms with E-state index in [-0.39, 0.29) is 16.6 Å². The molecule has 4 aromatic carbocycles. The summed E-state index contributed by atoms with van der Waals surface area (Å²) in [5, 5.41) is 14.3. The molecule has 0 spiro atoms. The molecule has 0 bridgehead atoms. The number of aromatic hydroxyl groups is 1. The standard InChI is InChI=1S/C44H41N3OS/c1-43(2,3)33-23-31(24-34(28-33)44(4,5)6)32-26-37(46-38(27-32)36-16-7-8-18-40(36)48)30-14-11-15-35(25-30)47(41-19-9-10-21-45-41)39-17-12-13-29-20-22-49-42(29)39/h7-28,48H,1-6H3. The maximum absolute atomic E-state index is 11.0. The molecule has 4 nitrogen and oxygen atoms in total. The third kappa shape index (κ3) is 6.59. The highest BCUT2D eigenvalue weighted by Crippen LogP contribution is 2.42. The summed E-state index contributed by atoms with van der Waals surface area (Å²) in [5.41, 5.74) is 9.98. The maximum Gasteiger partial charge on any atom is 0.137 e. The van der Waals surface area contributed by atoms with Crippen LogP contribution < -0.4 is 4.90 Å². The molecule has 0 unspecified atom stereocenters. The summed E-state index contributed by atoms with van der Waals surface area (Å²) in [6.07, 6.45) is 1.84. The van der Waals surface area contributed by atoms with Crippen molar-refractivity contribution in [1.29, 1.82) is 0 Å². The van der Waals surface area contributed by atoms with Crippen molar-refractivity contribution in [2.24, 2.45) is 0 Å². The van der Waals surface area contributed by atoms with Crippen LogP contribution in [0.1, 0.15) is 52.7 Å². The molecule has 0 aliphatic heterocycles. The van der Waals surface area contributed by atoms with E-state index in [4.69, 9.17) is 9.97 Å². The Balaban J connectivity index is 1.44. The summed E-state index contributed by atoms with van der Waals surface area (Å²) in [5.74, 6) is 1.04. The van der Waals surface area contributed by atoms with Crippen LogP contribution in [0.25, 0.3) is 43.7 Å². The molecular weight excluding hydrogens is 619 g/mol. The summed E-state index contributed by atoms with van der Waals surface area (Å²) in [6, 6.07) is 41.8. The van der Waals surface area contributed by atoms with E-state index in [0.717, 1.165) is 45.3 Å². The Bertz CT molecular complexity index is 2240. The first kappa shape index (κ1) is 32.3. The number of rotatable bonds is 6. The minimum Gasteiger partial charge on any atom is -0.507 e. The Morgan fingerprint density at radius 1 is 0.612 bits per heavy atom. The van der Waals surface area contributed by atoms with E-state index in [1.54, 1.807) is 17.4 Å². The third-order valence-corrected chi connectivity index (χ3v) is 9.93. The van der Waals surface area contributed by atoms with E-state index in [1.807, 2.05) is 42.6 Å². The maximum atomic E-state index is 11.0. The summed E-state index contributed by atoms with van der Waals surface area (Å²) in [6.45, 7) is 13.6. The molecule has 3 heterocycles. The summed E-state index contributed by atoms with van der Waals surface area (Å²) < 4.78 is 1.20. The van der Waals surface area contributed by atoms with Crippen molar-refractivity contribution < 1.29 is 5.11 Å². The van der Waals surface area contributed by atoms with Crippen LogP contribution in [0, 0.1) is 0 Å². The molecule has 7 aromatic rings. The average Bonchev–Trinajstić information content (AvgIpc) is 3.58. The number of benzene rings is 4. The Morgan fingerprint density at radius 3 is 2.02 bits per heavy atom. The number of phenols is 1. The SMILES string of the molecule is CC(C)(C)c1cc(-c2cc(-c3cccc(N(c4ccccn4)c4cccc5ccsc45)c3)nc(-c3ccccc3O)c2)cc(C(C)(C)C)c1. The van der Waals surface area contributed by atoms with Crippen LogP contribution >= 0.6 is 11.3 Å². The summed E-state index contributed by atoms with van der Waals surface area (Å²) in [7, 11) is 0. The normalized spacial score (nSPS) is 12.0. The largest absolute Gasteiger partial charge is 0.507 e. The van der Waals surface area contributed by atoms with E-state index < -0.39 is 0 Å². The molecule has 49 heavy (non-hydrogen) atoms. The molecule has 0 saturated carbocycles. The Morgan fingerprint density at radius 2 is 1.31 bits per heavy atom. The van der Waals surface area contributed by atoms with Crippen LogP contribution in [0.5, 0.6) is 5.75 Å². The van der Waals surface area contributed by atoms with Gasteiger partial charge in [0.15, 0.2) is 0 Å². The molecule has 0 amide bonds. The summed E-state index contributed by atoms with van der Waals surface area (Å²) >= 11 is 1.73. The van der Waals surface area contributed by atoms with Crippen molar-refractivity contribution in [2.75, 3.05) is 4.90 Å². The smallest absolute Gasteiger partial charge is 0.137 e. The number of pyridine rings is 2. The van der Waals surface area contributed by atoms with Crippen molar-refractivity contribution in [3.05, 3.63) is 144 Å². The molecule has 0 radical (unpaired) electrons. The van der Waals surface area contributed by atoms with Crippen LogP contribution in [0.15, 0.2) is 133 Å². The van der Waals surface area contributed by atoms with E-state index >= 15 is 0 Å². The monoisotopic (exact) mass is 659 g/mol. The predicted octanol–water partition coefficient (Wildman–Crippen LogP) is 12.5. The predicted molar refractivity (Wildman–Crippen MR) is 207 cm³/mol. The van der Waals surface area contributed by atoms with Gasteiger partial charge in [-0.1, -0.05) is 102 Å². The molecule has 0 aliphatic carbocycles. The van der Waals surface area contributed by atoms with Gasteiger partial charge in [-0.15, -0.1) is 11.3 Å². The van der Waals surface area contributed by atoms with E-state index in [1.165, 1.54) is 21.2 Å². The van der Waals surface area contributed by atoms with Crippen LogP contribution in [-0.4, -0.2) is 15.1 Å². The minimum absolute atomic E-state index is 0.0267. The average molecular weight is 660 g/mol. The van der Waals surface area contributed by atoms with Crippen LogP contribution in [0.4, 0.5) is 17.2 Å². The topological polar surface area (TPSA) is 49.2 Å². The lowest BCUT2D eigenvalue weighted by molar-refractivity contribution is 0.477. The second-order valence-corrected chi connectivity index (χ2v) is 15.5. The van der Waals surface area contributed by atoms with Gasteiger partial charge in [-0.05, 0) is 105 Å². The molecule has 3 aromatic heterocycles. The van der Waals surface area contributed by atoms with Crippen LogP contribution in [0.3, 0.4) is 0 Å². The van der Waals surface area contributed by atoms with Crippen molar-refractivity contribution >= 4 is 38.6 Å². The van der Waals surface area contributed by atoms with Gasteiger partial charge in [-0.2, -0.15) is 0 Å². The van der Waals surface area contributed by atoms with Crippen molar-refractivity contribution in [3.8, 4) is 39.4 Å². The molecule has 5 heteroatoms.